The van der Waals surface area contributed by atoms with E-state index in [-0.39, 0.29) is 6.04 Å². The van der Waals surface area contributed by atoms with Gasteiger partial charge in [-0.25, -0.2) is 0 Å². The zero-order chi connectivity index (χ0) is 14.5. The molecule has 0 aliphatic carbocycles. The minimum atomic E-state index is 0.286. The molecule has 0 amide bonds. The fraction of sp³-hybridized carbons (Fsp3) is 0.562. The van der Waals surface area contributed by atoms with Crippen molar-refractivity contribution in [3.8, 4) is 0 Å². The molecular formula is C16H25N3O. The summed E-state index contributed by atoms with van der Waals surface area (Å²) in [5.74, 6) is 1.08. The summed E-state index contributed by atoms with van der Waals surface area (Å²) in [6, 6.07) is 4.58. The SMILES string of the molecule is CCNC(Cc1cc(CC)nn1C)c1ccoc1CC. The normalized spacial score (nSPS) is 12.8. The van der Waals surface area contributed by atoms with E-state index in [1.165, 1.54) is 11.3 Å². The molecule has 2 aromatic heterocycles. The van der Waals surface area contributed by atoms with Crippen LogP contribution in [0.25, 0.3) is 0 Å². The molecule has 0 saturated heterocycles. The number of furan rings is 1. The van der Waals surface area contributed by atoms with E-state index < -0.39 is 0 Å². The lowest BCUT2D eigenvalue weighted by molar-refractivity contribution is 0.481. The molecule has 0 aliphatic rings. The topological polar surface area (TPSA) is 43.0 Å². The van der Waals surface area contributed by atoms with Gasteiger partial charge in [-0.05, 0) is 25.1 Å². The van der Waals surface area contributed by atoms with E-state index in [4.69, 9.17) is 4.42 Å². The zero-order valence-corrected chi connectivity index (χ0v) is 12.9. The summed E-state index contributed by atoms with van der Waals surface area (Å²) < 4.78 is 7.57. The molecule has 1 N–H and O–H groups in total. The van der Waals surface area contributed by atoms with Crippen LogP contribution in [0, 0.1) is 0 Å². The molecule has 2 rings (SSSR count). The Hall–Kier alpha value is -1.55. The predicted octanol–water partition coefficient (Wildman–Crippen LogP) is 3.03. The van der Waals surface area contributed by atoms with Gasteiger partial charge in [-0.1, -0.05) is 20.8 Å². The summed E-state index contributed by atoms with van der Waals surface area (Å²) in [6.07, 6.45) is 4.63. The smallest absolute Gasteiger partial charge is 0.108 e. The van der Waals surface area contributed by atoms with Crippen LogP contribution >= 0.6 is 0 Å². The van der Waals surface area contributed by atoms with Gasteiger partial charge in [0.2, 0.25) is 0 Å². The van der Waals surface area contributed by atoms with Crippen molar-refractivity contribution in [2.75, 3.05) is 6.54 Å². The van der Waals surface area contributed by atoms with Crippen LogP contribution in [0.15, 0.2) is 22.8 Å². The minimum absolute atomic E-state index is 0.286. The third-order valence-corrected chi connectivity index (χ3v) is 3.73. The molecule has 0 fully saturated rings. The molecule has 110 valence electrons. The number of hydrogen-bond donors (Lipinski definition) is 1. The van der Waals surface area contributed by atoms with Crippen molar-refractivity contribution >= 4 is 0 Å². The molecule has 2 aromatic rings. The van der Waals surface area contributed by atoms with Gasteiger partial charge in [0.1, 0.15) is 5.76 Å². The van der Waals surface area contributed by atoms with Gasteiger partial charge in [0, 0.05) is 37.2 Å². The highest BCUT2D eigenvalue weighted by Crippen LogP contribution is 2.24. The average molecular weight is 275 g/mol. The Morgan fingerprint density at radius 2 is 2.10 bits per heavy atom. The lowest BCUT2D eigenvalue weighted by atomic mass is 10.0. The Kier molecular flexibility index (Phi) is 5.01. The molecule has 0 aromatic carbocycles. The summed E-state index contributed by atoms with van der Waals surface area (Å²) in [5, 5.41) is 8.09. The fourth-order valence-corrected chi connectivity index (χ4v) is 2.63. The van der Waals surface area contributed by atoms with Gasteiger partial charge in [-0.3, -0.25) is 4.68 Å². The van der Waals surface area contributed by atoms with Crippen LogP contribution in [0.1, 0.15) is 49.5 Å². The number of aromatic nitrogens is 2. The van der Waals surface area contributed by atoms with Crippen LogP contribution in [0.5, 0.6) is 0 Å². The number of rotatable bonds is 7. The minimum Gasteiger partial charge on any atom is -0.469 e. The van der Waals surface area contributed by atoms with E-state index in [0.717, 1.165) is 37.3 Å². The Morgan fingerprint density at radius 3 is 2.70 bits per heavy atom. The molecule has 4 heteroatoms. The molecule has 0 radical (unpaired) electrons. The maximum Gasteiger partial charge on any atom is 0.108 e. The van der Waals surface area contributed by atoms with Gasteiger partial charge >= 0.3 is 0 Å². The van der Waals surface area contributed by atoms with E-state index >= 15 is 0 Å². The monoisotopic (exact) mass is 275 g/mol. The third-order valence-electron chi connectivity index (χ3n) is 3.73. The van der Waals surface area contributed by atoms with Crippen molar-refractivity contribution in [1.29, 1.82) is 0 Å². The van der Waals surface area contributed by atoms with E-state index in [0.29, 0.717) is 0 Å². The Morgan fingerprint density at radius 1 is 1.30 bits per heavy atom. The summed E-state index contributed by atoms with van der Waals surface area (Å²) in [5.41, 5.74) is 3.69. The van der Waals surface area contributed by atoms with Crippen molar-refractivity contribution < 1.29 is 4.42 Å². The van der Waals surface area contributed by atoms with E-state index in [1.54, 1.807) is 6.26 Å². The molecule has 1 unspecified atom stereocenters. The van der Waals surface area contributed by atoms with Crippen molar-refractivity contribution in [1.82, 2.24) is 15.1 Å². The number of aryl methyl sites for hydroxylation is 3. The lowest BCUT2D eigenvalue weighted by Crippen LogP contribution is -2.24. The summed E-state index contributed by atoms with van der Waals surface area (Å²) in [7, 11) is 2.02. The van der Waals surface area contributed by atoms with Crippen LogP contribution in [0.4, 0.5) is 0 Å². The van der Waals surface area contributed by atoms with Crippen molar-refractivity contribution in [2.24, 2.45) is 7.05 Å². The van der Waals surface area contributed by atoms with Gasteiger partial charge in [0.25, 0.3) is 0 Å². The number of nitrogens with zero attached hydrogens (tertiary/aromatic N) is 2. The van der Waals surface area contributed by atoms with Gasteiger partial charge in [0.05, 0.1) is 12.0 Å². The summed E-state index contributed by atoms with van der Waals surface area (Å²) in [4.78, 5) is 0. The summed E-state index contributed by atoms with van der Waals surface area (Å²) in [6.45, 7) is 7.35. The van der Waals surface area contributed by atoms with Crippen molar-refractivity contribution in [3.63, 3.8) is 0 Å². The van der Waals surface area contributed by atoms with Crippen LogP contribution in [-0.4, -0.2) is 16.3 Å². The molecule has 0 bridgehead atoms. The van der Waals surface area contributed by atoms with Gasteiger partial charge in [0.15, 0.2) is 0 Å². The van der Waals surface area contributed by atoms with Crippen molar-refractivity contribution in [3.05, 3.63) is 41.1 Å². The van der Waals surface area contributed by atoms with Gasteiger partial charge < -0.3 is 9.73 Å². The van der Waals surface area contributed by atoms with E-state index in [9.17, 15) is 0 Å². The van der Waals surface area contributed by atoms with Crippen molar-refractivity contribution in [2.45, 2.75) is 46.1 Å². The molecule has 2 heterocycles. The predicted molar refractivity (Wildman–Crippen MR) is 80.8 cm³/mol. The first-order valence-electron chi connectivity index (χ1n) is 7.50. The van der Waals surface area contributed by atoms with Crippen LogP contribution in [-0.2, 0) is 26.3 Å². The van der Waals surface area contributed by atoms with E-state index in [1.807, 2.05) is 11.7 Å². The molecule has 0 spiro atoms. The second-order valence-corrected chi connectivity index (χ2v) is 5.07. The molecule has 4 nitrogen and oxygen atoms in total. The highest BCUT2D eigenvalue weighted by atomic mass is 16.3. The Balaban J connectivity index is 2.23. The second-order valence-electron chi connectivity index (χ2n) is 5.07. The molecule has 20 heavy (non-hydrogen) atoms. The third kappa shape index (κ3) is 3.12. The second kappa shape index (κ2) is 6.75. The maximum absolute atomic E-state index is 5.57. The largest absolute Gasteiger partial charge is 0.469 e. The highest BCUT2D eigenvalue weighted by molar-refractivity contribution is 5.24. The first-order valence-corrected chi connectivity index (χ1v) is 7.50. The molecule has 0 aliphatic heterocycles. The fourth-order valence-electron chi connectivity index (χ4n) is 2.63. The molecule has 1 atom stereocenters. The van der Waals surface area contributed by atoms with Crippen LogP contribution < -0.4 is 5.32 Å². The molecule has 0 saturated carbocycles. The number of nitrogens with one attached hydrogen (secondary N) is 1. The lowest BCUT2D eigenvalue weighted by Gasteiger charge is -2.18. The maximum atomic E-state index is 5.57. The van der Waals surface area contributed by atoms with E-state index in [2.05, 4.69) is 43.3 Å². The zero-order valence-electron chi connectivity index (χ0n) is 12.9. The van der Waals surface area contributed by atoms with Crippen LogP contribution in [0.3, 0.4) is 0 Å². The quantitative estimate of drug-likeness (QED) is 0.844. The van der Waals surface area contributed by atoms with Gasteiger partial charge in [-0.15, -0.1) is 0 Å². The standard InChI is InChI=1S/C16H25N3O/c1-5-12-10-13(19(4)18-12)11-15(17-7-3)14-8-9-20-16(14)6-2/h8-10,15,17H,5-7,11H2,1-4H3. The Labute approximate surface area is 121 Å². The first-order chi connectivity index (χ1) is 9.69. The Bertz CT molecular complexity index is 542. The number of hydrogen-bond acceptors (Lipinski definition) is 3. The van der Waals surface area contributed by atoms with Crippen LogP contribution in [0.2, 0.25) is 0 Å². The van der Waals surface area contributed by atoms with Gasteiger partial charge in [-0.2, -0.15) is 5.10 Å². The number of likely N-dealkylation sites (N-methyl/N-ethyl adjacent to an activating group) is 1. The molecular weight excluding hydrogens is 250 g/mol. The summed E-state index contributed by atoms with van der Waals surface area (Å²) >= 11 is 0. The highest BCUT2D eigenvalue weighted by Gasteiger charge is 2.18. The average Bonchev–Trinajstić information content (AvgIpc) is 3.05. The first kappa shape index (κ1) is 14.9.